The third-order valence-electron chi connectivity index (χ3n) is 6.64. The maximum Gasteiger partial charge on any atom is 0.263 e. The first-order valence-electron chi connectivity index (χ1n) is 12.5. The summed E-state index contributed by atoms with van der Waals surface area (Å²) in [5, 5.41) is 1.40. The van der Waals surface area contributed by atoms with Crippen molar-refractivity contribution < 1.29 is 8.42 Å². The molecule has 3 heterocycles. The molecule has 11 heteroatoms. The Hall–Kier alpha value is -3.54. The van der Waals surface area contributed by atoms with Crippen molar-refractivity contribution in [1.82, 2.24) is 19.5 Å². The van der Waals surface area contributed by atoms with Gasteiger partial charge in [0.1, 0.15) is 9.86 Å². The van der Waals surface area contributed by atoms with Crippen molar-refractivity contribution >= 4 is 60.2 Å². The molecule has 0 saturated carbocycles. The Bertz CT molecular complexity index is 1910. The molecule has 3 aromatic heterocycles. The number of para-hydroxylation sites is 2. The summed E-state index contributed by atoms with van der Waals surface area (Å²) in [6, 6.07) is 13.8. The molecule has 1 aliphatic carbocycles. The molecule has 0 amide bonds. The maximum absolute atomic E-state index is 13.7. The number of rotatable bonds is 7. The topological polar surface area (TPSA) is 107 Å². The molecule has 0 aliphatic heterocycles. The van der Waals surface area contributed by atoms with Crippen LogP contribution in [0.2, 0.25) is 0 Å². The number of thiophene rings is 1. The molecular weight excluding hydrogens is 551 g/mol. The standard InChI is InChI=1S/C28H25N5O3S3/c1-3-16-33-27(34)23-19-8-4-7-11-22(19)37-25(23)31-28(33)38-26-24(29-20-9-5-6-10-21(20)30-26)32-39(35,36)18-14-12-17(2)13-15-18/h3,5-6,9-10,12-15H,1,4,7-8,11,16H2,2H3,(H,29,32). The van der Waals surface area contributed by atoms with Crippen molar-refractivity contribution in [3.63, 3.8) is 0 Å². The fraction of sp³-hybridized carbons (Fsp3) is 0.214. The van der Waals surface area contributed by atoms with Gasteiger partial charge in [0.15, 0.2) is 11.0 Å². The van der Waals surface area contributed by atoms with Gasteiger partial charge < -0.3 is 0 Å². The average Bonchev–Trinajstić information content (AvgIpc) is 3.30. The molecule has 0 radical (unpaired) electrons. The molecule has 5 aromatic rings. The Morgan fingerprint density at radius 3 is 2.51 bits per heavy atom. The number of anilines is 1. The second kappa shape index (κ2) is 10.2. The van der Waals surface area contributed by atoms with Crippen LogP contribution in [0.15, 0.2) is 81.1 Å². The number of benzene rings is 2. The van der Waals surface area contributed by atoms with Crippen LogP contribution in [0.1, 0.15) is 28.8 Å². The van der Waals surface area contributed by atoms with Gasteiger partial charge in [-0.15, -0.1) is 17.9 Å². The number of nitrogens with zero attached hydrogens (tertiary/aromatic N) is 4. The number of sulfonamides is 1. The highest BCUT2D eigenvalue weighted by molar-refractivity contribution is 7.99. The van der Waals surface area contributed by atoms with Crippen molar-refractivity contribution in [2.24, 2.45) is 0 Å². The van der Waals surface area contributed by atoms with Crippen LogP contribution in [0.25, 0.3) is 21.3 Å². The van der Waals surface area contributed by atoms with Crippen LogP contribution >= 0.6 is 23.1 Å². The van der Waals surface area contributed by atoms with Gasteiger partial charge in [-0.25, -0.2) is 23.4 Å². The molecular formula is C28H25N5O3S3. The zero-order valence-electron chi connectivity index (χ0n) is 21.2. The molecule has 198 valence electrons. The van der Waals surface area contributed by atoms with Gasteiger partial charge in [0.05, 0.1) is 21.3 Å². The van der Waals surface area contributed by atoms with E-state index in [9.17, 15) is 13.2 Å². The highest BCUT2D eigenvalue weighted by Crippen LogP contribution is 2.37. The Morgan fingerprint density at radius 2 is 1.77 bits per heavy atom. The van der Waals surface area contributed by atoms with Crippen molar-refractivity contribution in [3.8, 4) is 0 Å². The van der Waals surface area contributed by atoms with Crippen molar-refractivity contribution in [1.29, 1.82) is 0 Å². The number of fused-ring (bicyclic) bond motifs is 4. The summed E-state index contributed by atoms with van der Waals surface area (Å²) in [6.45, 7) is 5.99. The van der Waals surface area contributed by atoms with E-state index in [0.717, 1.165) is 48.6 Å². The van der Waals surface area contributed by atoms with Gasteiger partial charge in [-0.1, -0.05) is 35.9 Å². The van der Waals surface area contributed by atoms with E-state index in [1.54, 1.807) is 52.3 Å². The van der Waals surface area contributed by atoms with Gasteiger partial charge in [0.25, 0.3) is 15.6 Å². The molecule has 0 spiro atoms. The van der Waals surface area contributed by atoms with Crippen molar-refractivity contribution in [2.75, 3.05) is 4.72 Å². The van der Waals surface area contributed by atoms with Gasteiger partial charge in [-0.05, 0) is 74.2 Å². The highest BCUT2D eigenvalue weighted by atomic mass is 32.2. The predicted molar refractivity (Wildman–Crippen MR) is 156 cm³/mol. The SMILES string of the molecule is C=CCn1c(Sc2nc3ccccc3nc2NS(=O)(=O)c2ccc(C)cc2)nc2sc3c(c2c1=O)CCCC3. The first-order valence-corrected chi connectivity index (χ1v) is 15.7. The smallest absolute Gasteiger partial charge is 0.263 e. The van der Waals surface area contributed by atoms with Gasteiger partial charge in [0, 0.05) is 11.4 Å². The van der Waals surface area contributed by atoms with Crippen LogP contribution in [0.4, 0.5) is 5.82 Å². The van der Waals surface area contributed by atoms with Crippen LogP contribution in [0.3, 0.4) is 0 Å². The normalized spacial score (nSPS) is 13.5. The second-order valence-electron chi connectivity index (χ2n) is 9.38. The Kier molecular flexibility index (Phi) is 6.74. The molecule has 0 saturated heterocycles. The zero-order valence-corrected chi connectivity index (χ0v) is 23.6. The number of aromatic nitrogens is 4. The largest absolute Gasteiger partial charge is 0.283 e. The third-order valence-corrected chi connectivity index (χ3v) is 10.2. The number of allylic oxidation sites excluding steroid dienone is 1. The van der Waals surface area contributed by atoms with Gasteiger partial charge in [0.2, 0.25) is 0 Å². The highest BCUT2D eigenvalue weighted by Gasteiger charge is 2.24. The minimum atomic E-state index is -3.95. The zero-order chi connectivity index (χ0) is 27.1. The maximum atomic E-state index is 13.7. The molecule has 2 aromatic carbocycles. The molecule has 0 unspecified atom stereocenters. The van der Waals surface area contributed by atoms with Gasteiger partial charge in [-0.2, -0.15) is 0 Å². The van der Waals surface area contributed by atoms with E-state index in [4.69, 9.17) is 9.97 Å². The monoisotopic (exact) mass is 575 g/mol. The summed E-state index contributed by atoms with van der Waals surface area (Å²) in [5.74, 6) is 0.0734. The van der Waals surface area contributed by atoms with Crippen LogP contribution in [-0.2, 0) is 29.4 Å². The molecule has 6 rings (SSSR count). The average molecular weight is 576 g/mol. The number of aryl methyl sites for hydroxylation is 3. The minimum absolute atomic E-state index is 0.0734. The van der Waals surface area contributed by atoms with E-state index in [1.165, 1.54) is 4.88 Å². The fourth-order valence-corrected chi connectivity index (χ4v) is 8.00. The van der Waals surface area contributed by atoms with E-state index < -0.39 is 10.0 Å². The lowest BCUT2D eigenvalue weighted by Crippen LogP contribution is -2.23. The molecule has 0 fully saturated rings. The number of nitrogens with one attached hydrogen (secondary N) is 1. The lowest BCUT2D eigenvalue weighted by atomic mass is 9.97. The lowest BCUT2D eigenvalue weighted by molar-refractivity contribution is 0.601. The van der Waals surface area contributed by atoms with Gasteiger partial charge in [-0.3, -0.25) is 14.1 Å². The molecule has 0 bridgehead atoms. The molecule has 1 N–H and O–H groups in total. The minimum Gasteiger partial charge on any atom is -0.283 e. The van der Waals surface area contributed by atoms with Crippen molar-refractivity contribution in [3.05, 3.63) is 87.5 Å². The van der Waals surface area contributed by atoms with E-state index in [1.807, 2.05) is 25.1 Å². The Balaban J connectivity index is 1.49. The van der Waals surface area contributed by atoms with Crippen molar-refractivity contribution in [2.45, 2.75) is 54.2 Å². The lowest BCUT2D eigenvalue weighted by Gasteiger charge is -2.14. The Morgan fingerprint density at radius 1 is 1.05 bits per heavy atom. The summed E-state index contributed by atoms with van der Waals surface area (Å²) in [5.41, 5.74) is 3.10. The van der Waals surface area contributed by atoms with Crippen LogP contribution < -0.4 is 10.3 Å². The molecule has 0 atom stereocenters. The summed E-state index contributed by atoms with van der Waals surface area (Å²) in [4.78, 5) is 30.0. The van der Waals surface area contributed by atoms with Gasteiger partial charge >= 0.3 is 0 Å². The van der Waals surface area contributed by atoms with Crippen LogP contribution in [0.5, 0.6) is 0 Å². The molecule has 8 nitrogen and oxygen atoms in total. The first-order chi connectivity index (χ1) is 18.8. The van der Waals surface area contributed by atoms with E-state index >= 15 is 0 Å². The van der Waals surface area contributed by atoms with E-state index in [0.29, 0.717) is 31.4 Å². The quantitative estimate of drug-likeness (QED) is 0.195. The molecule has 1 aliphatic rings. The summed E-state index contributed by atoms with van der Waals surface area (Å²) in [6.07, 6.45) is 5.67. The van der Waals surface area contributed by atoms with Crippen LogP contribution in [0, 0.1) is 6.92 Å². The second-order valence-corrected chi connectivity index (χ2v) is 13.1. The fourth-order valence-electron chi connectivity index (χ4n) is 4.70. The number of hydrogen-bond donors (Lipinski definition) is 1. The summed E-state index contributed by atoms with van der Waals surface area (Å²) < 4.78 is 30.8. The van der Waals surface area contributed by atoms with E-state index in [-0.39, 0.29) is 22.8 Å². The third kappa shape index (κ3) is 4.86. The summed E-state index contributed by atoms with van der Waals surface area (Å²) >= 11 is 2.69. The predicted octanol–water partition coefficient (Wildman–Crippen LogP) is 5.73. The van der Waals surface area contributed by atoms with Crippen LogP contribution in [-0.4, -0.2) is 27.9 Å². The molecule has 39 heavy (non-hydrogen) atoms. The first kappa shape index (κ1) is 25.7. The Labute approximate surface area is 233 Å². The summed E-state index contributed by atoms with van der Waals surface area (Å²) in [7, 11) is -3.95. The van der Waals surface area contributed by atoms with E-state index in [2.05, 4.69) is 16.3 Å². The number of hydrogen-bond acceptors (Lipinski definition) is 8.